The first kappa shape index (κ1) is 29.6. The van der Waals surface area contributed by atoms with Gasteiger partial charge in [0.15, 0.2) is 23.9 Å². The largest absolute Gasteiger partial charge is 0.387 e. The molecule has 3 fully saturated rings. The van der Waals surface area contributed by atoms with E-state index in [1.165, 1.54) is 23.5 Å². The van der Waals surface area contributed by atoms with Crippen LogP contribution in [0.2, 0.25) is 0 Å². The fourth-order valence-electron chi connectivity index (χ4n) is 5.35. The predicted octanol–water partition coefficient (Wildman–Crippen LogP) is 1.87. The highest BCUT2D eigenvalue weighted by atomic mass is 32.7. The summed E-state index contributed by atoms with van der Waals surface area (Å²) in [4.78, 5) is 16.6. The molecule has 1 aromatic carbocycles. The number of nitrogens with zero attached hydrogens (tertiary/aromatic N) is 6. The molecule has 7 rings (SSSR count). The Morgan fingerprint density at radius 3 is 2.30 bits per heavy atom. The molecule has 3 aliphatic rings. The lowest BCUT2D eigenvalue weighted by Gasteiger charge is -2.26. The number of nitrogen functional groups attached to an aromatic ring is 1. The van der Waals surface area contributed by atoms with Crippen LogP contribution in [0.25, 0.3) is 22.2 Å². The highest BCUT2D eigenvalue weighted by Gasteiger charge is 2.53. The number of ether oxygens (including phenoxy) is 2. The van der Waals surface area contributed by atoms with Crippen LogP contribution in [0.4, 0.5) is 5.82 Å². The number of rotatable bonds is 2. The van der Waals surface area contributed by atoms with Crippen molar-refractivity contribution in [2.75, 3.05) is 18.9 Å². The van der Waals surface area contributed by atoms with Gasteiger partial charge in [0.2, 0.25) is 0 Å². The number of aromatic nitrogens is 6. The summed E-state index contributed by atoms with van der Waals surface area (Å²) in [6, 6.07) is 7.18. The van der Waals surface area contributed by atoms with Gasteiger partial charge >= 0.3 is 13.6 Å². The minimum atomic E-state index is -4.27. The third-order valence-electron chi connectivity index (χ3n) is 7.35. The van der Waals surface area contributed by atoms with Crippen molar-refractivity contribution in [1.82, 2.24) is 29.1 Å². The fourth-order valence-corrected chi connectivity index (χ4v) is 8.30. The van der Waals surface area contributed by atoms with Gasteiger partial charge in [-0.3, -0.25) is 22.7 Å². The zero-order valence-electron chi connectivity index (χ0n) is 21.8. The van der Waals surface area contributed by atoms with Crippen LogP contribution < -0.4 is 5.73 Å². The van der Waals surface area contributed by atoms with Crippen LogP contribution in [0.15, 0.2) is 43.2 Å². The lowest BCUT2D eigenvalue weighted by Crippen LogP contribution is -2.35. The molecule has 3 saturated heterocycles. The van der Waals surface area contributed by atoms with Gasteiger partial charge in [-0.15, -0.1) is 0 Å². The van der Waals surface area contributed by atoms with E-state index in [0.29, 0.717) is 11.0 Å². The summed E-state index contributed by atoms with van der Waals surface area (Å²) in [5.41, 5.74) is 7.71. The molecule has 6 heterocycles. The van der Waals surface area contributed by atoms with E-state index in [1.54, 1.807) is 22.8 Å². The monoisotopic (exact) mass is 673 g/mol. The van der Waals surface area contributed by atoms with Crippen LogP contribution in [0.5, 0.6) is 0 Å². The molecule has 10 atom stereocenters. The molecule has 17 nitrogen and oxygen atoms in total. The number of imidazole rings is 2. The molecule has 0 spiro atoms. The van der Waals surface area contributed by atoms with Gasteiger partial charge in [-0.1, -0.05) is 36.6 Å². The predicted molar refractivity (Wildman–Crippen MR) is 154 cm³/mol. The molecule has 3 aliphatic heterocycles. The third kappa shape index (κ3) is 5.41. The second-order valence-corrected chi connectivity index (χ2v) is 15.8. The van der Waals surface area contributed by atoms with Crippen LogP contribution in [-0.2, 0) is 36.7 Å². The summed E-state index contributed by atoms with van der Waals surface area (Å²) in [7, 11) is 0. The molecule has 2 bridgehead atoms. The van der Waals surface area contributed by atoms with Gasteiger partial charge in [0, 0.05) is 0 Å². The molecule has 0 radical (unpaired) electrons. The first-order valence-electron chi connectivity index (χ1n) is 12.8. The number of para-hydroxylation sites is 2. The Balaban J connectivity index is 1.20. The standard InChI is InChI=1S/C22H25N7O10P2S2/c23-19-14-20(25-7-24-19)29(9-27-14)22-18-15(30)12(36-22)5-34-40(32,42)38-17-13(6-35-41(33,43)39-18)37-21(16(17)31)28-8-26-10-3-1-2-4-11(10)28/h1-4,7-9,12-13,15-18,21-22,30-31H,5-6H2,(H,32,42)(H,33,43)(H2,23,24,25). The Bertz CT molecular complexity index is 1780. The molecule has 0 amide bonds. The fraction of sp³-hybridized carbons (Fsp3) is 0.455. The second kappa shape index (κ2) is 11.0. The Kier molecular flexibility index (Phi) is 7.60. The molecule has 0 aliphatic carbocycles. The van der Waals surface area contributed by atoms with Crippen molar-refractivity contribution in [3.05, 3.63) is 43.2 Å². The maximum atomic E-state index is 13.5. The van der Waals surface area contributed by atoms with Crippen molar-refractivity contribution in [1.29, 1.82) is 0 Å². The number of anilines is 1. The van der Waals surface area contributed by atoms with E-state index in [2.05, 4.69) is 44.4 Å². The van der Waals surface area contributed by atoms with E-state index in [4.69, 9.17) is 33.3 Å². The van der Waals surface area contributed by atoms with Crippen LogP contribution in [0.3, 0.4) is 0 Å². The van der Waals surface area contributed by atoms with E-state index in [9.17, 15) is 19.3 Å². The maximum Gasteiger partial charge on any atom is 0.386 e. The average molecular weight is 674 g/mol. The molecule has 0 saturated carbocycles. The molecular formula is C22H25N7O10P2S2. The molecular weight excluding hydrogens is 648 g/mol. The van der Waals surface area contributed by atoms with Gasteiger partial charge < -0.3 is 30.0 Å². The molecule has 4 N–H and O–H groups in total. The smallest absolute Gasteiger partial charge is 0.386 e. The number of aliphatic hydroxyl groups excluding tert-OH is 2. The van der Waals surface area contributed by atoms with Gasteiger partial charge in [0.1, 0.15) is 48.5 Å². The summed E-state index contributed by atoms with van der Waals surface area (Å²) in [5.74, 6) is 0.105. The SMILES string of the molecule is Nc1ncnc2c1ncn2C1OC2COP(=O)(S)OC3C(COP(=O)(S)OC1C2O)OC(n1cnc2ccccc21)C3O. The van der Waals surface area contributed by atoms with Crippen LogP contribution in [0.1, 0.15) is 12.5 Å². The number of fused-ring (bicyclic) bond motifs is 5. The first-order valence-corrected chi connectivity index (χ1v) is 18.2. The summed E-state index contributed by atoms with van der Waals surface area (Å²) in [5, 5.41) is 22.4. The molecule has 4 aromatic rings. The molecule has 230 valence electrons. The van der Waals surface area contributed by atoms with Crippen molar-refractivity contribution in [2.24, 2.45) is 0 Å². The number of thiol groups is 2. The van der Waals surface area contributed by atoms with E-state index in [1.807, 2.05) is 6.07 Å². The third-order valence-corrected chi connectivity index (χ3v) is 10.6. The number of hydrogen-bond acceptors (Lipinski definition) is 15. The Morgan fingerprint density at radius 1 is 0.837 bits per heavy atom. The van der Waals surface area contributed by atoms with Crippen molar-refractivity contribution in [2.45, 2.75) is 49.1 Å². The topological polar surface area (TPSA) is 217 Å². The summed E-state index contributed by atoms with van der Waals surface area (Å²) < 4.78 is 64.4. The van der Waals surface area contributed by atoms with Crippen LogP contribution >= 0.6 is 38.1 Å². The molecule has 3 aromatic heterocycles. The Labute approximate surface area is 253 Å². The van der Waals surface area contributed by atoms with Crippen molar-refractivity contribution < 1.29 is 46.9 Å². The minimum absolute atomic E-state index is 0.105. The number of benzene rings is 1. The molecule has 10 unspecified atom stereocenters. The van der Waals surface area contributed by atoms with Crippen molar-refractivity contribution in [3.63, 3.8) is 0 Å². The zero-order valence-corrected chi connectivity index (χ0v) is 25.4. The molecule has 21 heteroatoms. The Hall–Kier alpha value is -2.12. The van der Waals surface area contributed by atoms with Crippen molar-refractivity contribution in [3.8, 4) is 0 Å². The van der Waals surface area contributed by atoms with Gasteiger partial charge in [-0.25, -0.2) is 29.1 Å². The van der Waals surface area contributed by atoms with E-state index >= 15 is 0 Å². The quantitative estimate of drug-likeness (QED) is 0.152. The van der Waals surface area contributed by atoms with Gasteiger partial charge in [0.05, 0.1) is 36.9 Å². The first-order chi connectivity index (χ1) is 20.5. The number of nitrogens with two attached hydrogens (primary N) is 1. The Morgan fingerprint density at radius 2 is 1.51 bits per heavy atom. The highest BCUT2D eigenvalue weighted by molar-refractivity contribution is 8.44. The van der Waals surface area contributed by atoms with E-state index in [-0.39, 0.29) is 17.0 Å². The summed E-state index contributed by atoms with van der Waals surface area (Å²) >= 11 is 8.21. The normalized spacial score (nSPS) is 38.9. The van der Waals surface area contributed by atoms with Crippen LogP contribution in [-0.4, -0.2) is 89.1 Å². The average Bonchev–Trinajstić information content (AvgIpc) is 3.72. The zero-order chi connectivity index (χ0) is 30.1. The molecule has 43 heavy (non-hydrogen) atoms. The number of aliphatic hydroxyl groups is 2. The number of hydrogen-bond donors (Lipinski definition) is 5. The van der Waals surface area contributed by atoms with E-state index < -0.39 is 75.9 Å². The van der Waals surface area contributed by atoms with E-state index in [0.717, 1.165) is 0 Å². The summed E-state index contributed by atoms with van der Waals surface area (Å²) in [6.07, 6.45) is -6.08. The van der Waals surface area contributed by atoms with Gasteiger partial charge in [-0.05, 0) is 12.1 Å². The van der Waals surface area contributed by atoms with Gasteiger partial charge in [-0.2, -0.15) is 0 Å². The lowest BCUT2D eigenvalue weighted by molar-refractivity contribution is -0.0574. The lowest BCUT2D eigenvalue weighted by atomic mass is 10.1. The highest BCUT2D eigenvalue weighted by Crippen LogP contribution is 2.60. The van der Waals surface area contributed by atoms with Crippen LogP contribution in [0, 0.1) is 0 Å². The minimum Gasteiger partial charge on any atom is -0.387 e. The summed E-state index contributed by atoms with van der Waals surface area (Å²) in [6.45, 7) is -9.48. The maximum absolute atomic E-state index is 13.5. The van der Waals surface area contributed by atoms with Gasteiger partial charge in [0.25, 0.3) is 0 Å². The van der Waals surface area contributed by atoms with Crippen molar-refractivity contribution >= 4 is 66.1 Å². The second-order valence-electron chi connectivity index (χ2n) is 10.0.